The SMILES string of the molecule is Clc1ccc(C2CC3CCC2CN3)cc1. The molecule has 3 unspecified atom stereocenters. The molecule has 2 aliphatic heterocycles. The first-order valence-corrected chi connectivity index (χ1v) is 6.19. The molecule has 4 rings (SSSR count). The minimum absolute atomic E-state index is 0.760. The highest BCUT2D eigenvalue weighted by molar-refractivity contribution is 6.30. The van der Waals surface area contributed by atoms with Gasteiger partial charge >= 0.3 is 0 Å². The third kappa shape index (κ3) is 1.79. The molecular weight excluding hydrogens is 206 g/mol. The first-order valence-electron chi connectivity index (χ1n) is 5.82. The summed E-state index contributed by atoms with van der Waals surface area (Å²) in [5.41, 5.74) is 1.48. The number of rotatable bonds is 1. The van der Waals surface area contributed by atoms with Gasteiger partial charge < -0.3 is 5.32 Å². The van der Waals surface area contributed by atoms with Crippen molar-refractivity contribution >= 4 is 11.6 Å². The average molecular weight is 222 g/mol. The molecule has 2 heterocycles. The second-order valence-corrected chi connectivity index (χ2v) is 5.27. The van der Waals surface area contributed by atoms with Crippen molar-refractivity contribution in [3.8, 4) is 0 Å². The second kappa shape index (κ2) is 3.80. The van der Waals surface area contributed by atoms with E-state index in [-0.39, 0.29) is 0 Å². The largest absolute Gasteiger partial charge is 0.314 e. The fourth-order valence-electron chi connectivity index (χ4n) is 3.10. The van der Waals surface area contributed by atoms with E-state index in [1.807, 2.05) is 12.1 Å². The van der Waals surface area contributed by atoms with Gasteiger partial charge in [-0.2, -0.15) is 0 Å². The van der Waals surface area contributed by atoms with E-state index in [9.17, 15) is 0 Å². The van der Waals surface area contributed by atoms with Crippen molar-refractivity contribution in [2.75, 3.05) is 6.54 Å². The van der Waals surface area contributed by atoms with Crippen LogP contribution < -0.4 is 5.32 Å². The van der Waals surface area contributed by atoms with Crippen LogP contribution in [-0.4, -0.2) is 12.6 Å². The third-order valence-corrected chi connectivity index (χ3v) is 4.21. The van der Waals surface area contributed by atoms with E-state index >= 15 is 0 Å². The van der Waals surface area contributed by atoms with Crippen molar-refractivity contribution in [3.63, 3.8) is 0 Å². The number of benzene rings is 1. The van der Waals surface area contributed by atoms with E-state index in [2.05, 4.69) is 17.4 Å². The van der Waals surface area contributed by atoms with Gasteiger partial charge in [-0.25, -0.2) is 0 Å². The molecular formula is C13H16ClN. The van der Waals surface area contributed by atoms with Crippen molar-refractivity contribution in [1.29, 1.82) is 0 Å². The molecule has 3 atom stereocenters. The van der Waals surface area contributed by atoms with Crippen LogP contribution >= 0.6 is 11.6 Å². The monoisotopic (exact) mass is 221 g/mol. The van der Waals surface area contributed by atoms with Crippen LogP contribution in [-0.2, 0) is 0 Å². The summed E-state index contributed by atoms with van der Waals surface area (Å²) in [5.74, 6) is 1.61. The number of hydrogen-bond donors (Lipinski definition) is 1. The maximum absolute atomic E-state index is 5.92. The van der Waals surface area contributed by atoms with Crippen LogP contribution in [0.25, 0.3) is 0 Å². The van der Waals surface area contributed by atoms with E-state index in [4.69, 9.17) is 11.6 Å². The number of halogens is 1. The first-order chi connectivity index (χ1) is 7.33. The van der Waals surface area contributed by atoms with Gasteiger partial charge in [0.1, 0.15) is 0 Å². The lowest BCUT2D eigenvalue weighted by Gasteiger charge is -2.43. The fourth-order valence-corrected chi connectivity index (χ4v) is 3.23. The van der Waals surface area contributed by atoms with Gasteiger partial charge in [0.15, 0.2) is 0 Å². The number of hydrogen-bond acceptors (Lipinski definition) is 1. The van der Waals surface area contributed by atoms with Gasteiger partial charge in [0, 0.05) is 11.1 Å². The Balaban J connectivity index is 1.85. The predicted molar refractivity (Wildman–Crippen MR) is 63.3 cm³/mol. The molecule has 2 bridgehead atoms. The van der Waals surface area contributed by atoms with E-state index in [1.165, 1.54) is 31.4 Å². The van der Waals surface area contributed by atoms with Crippen LogP contribution in [0, 0.1) is 5.92 Å². The highest BCUT2D eigenvalue weighted by atomic mass is 35.5. The van der Waals surface area contributed by atoms with Crippen LogP contribution in [0.15, 0.2) is 24.3 Å². The van der Waals surface area contributed by atoms with Gasteiger partial charge in [-0.3, -0.25) is 0 Å². The summed E-state index contributed by atoms with van der Waals surface area (Å²) in [6, 6.07) is 9.20. The zero-order chi connectivity index (χ0) is 10.3. The highest BCUT2D eigenvalue weighted by Crippen LogP contribution is 2.41. The summed E-state index contributed by atoms with van der Waals surface area (Å²) in [4.78, 5) is 0. The van der Waals surface area contributed by atoms with Gasteiger partial charge in [0.05, 0.1) is 0 Å². The molecule has 0 spiro atoms. The Bertz CT molecular complexity index is 338. The van der Waals surface area contributed by atoms with Crippen molar-refractivity contribution in [2.45, 2.75) is 31.2 Å². The summed E-state index contributed by atoms with van der Waals surface area (Å²) >= 11 is 5.92. The molecule has 1 nitrogen and oxygen atoms in total. The summed E-state index contributed by atoms with van der Waals surface area (Å²) in [7, 11) is 0. The first kappa shape index (κ1) is 9.68. The Hall–Kier alpha value is -0.530. The van der Waals surface area contributed by atoms with Crippen LogP contribution in [0.3, 0.4) is 0 Å². The summed E-state index contributed by atoms with van der Waals surface area (Å²) < 4.78 is 0. The molecule has 1 N–H and O–H groups in total. The maximum Gasteiger partial charge on any atom is 0.0406 e. The smallest absolute Gasteiger partial charge is 0.0406 e. The van der Waals surface area contributed by atoms with Crippen LogP contribution in [0.4, 0.5) is 0 Å². The lowest BCUT2D eigenvalue weighted by atomic mass is 9.70. The van der Waals surface area contributed by atoms with Gasteiger partial charge in [-0.05, 0) is 55.3 Å². The molecule has 1 aliphatic carbocycles. The molecule has 15 heavy (non-hydrogen) atoms. The molecule has 0 amide bonds. The van der Waals surface area contributed by atoms with Gasteiger partial charge in [-0.1, -0.05) is 23.7 Å². The zero-order valence-corrected chi connectivity index (χ0v) is 9.50. The van der Waals surface area contributed by atoms with Gasteiger partial charge in [0.25, 0.3) is 0 Å². The summed E-state index contributed by atoms with van der Waals surface area (Å²) in [6.07, 6.45) is 4.08. The van der Waals surface area contributed by atoms with Crippen LogP contribution in [0.2, 0.25) is 5.02 Å². The third-order valence-electron chi connectivity index (χ3n) is 3.96. The van der Waals surface area contributed by atoms with E-state index in [0.717, 1.165) is 22.9 Å². The van der Waals surface area contributed by atoms with E-state index in [0.29, 0.717) is 0 Å². The van der Waals surface area contributed by atoms with Crippen molar-refractivity contribution in [2.24, 2.45) is 5.92 Å². The van der Waals surface area contributed by atoms with E-state index < -0.39 is 0 Å². The second-order valence-electron chi connectivity index (χ2n) is 4.84. The molecule has 1 aromatic carbocycles. The van der Waals surface area contributed by atoms with Gasteiger partial charge in [0.2, 0.25) is 0 Å². The number of piperidine rings is 2. The van der Waals surface area contributed by atoms with Crippen LogP contribution in [0.1, 0.15) is 30.7 Å². The molecule has 2 heteroatoms. The molecule has 3 fully saturated rings. The van der Waals surface area contributed by atoms with Crippen molar-refractivity contribution in [1.82, 2.24) is 5.32 Å². The average Bonchev–Trinajstić information content (AvgIpc) is 2.31. The molecule has 1 saturated carbocycles. The Morgan fingerprint density at radius 1 is 1.13 bits per heavy atom. The van der Waals surface area contributed by atoms with E-state index in [1.54, 1.807) is 0 Å². The highest BCUT2D eigenvalue weighted by Gasteiger charge is 2.35. The molecule has 1 aromatic rings. The topological polar surface area (TPSA) is 12.0 Å². The summed E-state index contributed by atoms with van der Waals surface area (Å²) in [5, 5.41) is 4.45. The lowest BCUT2D eigenvalue weighted by Crippen LogP contribution is -2.48. The predicted octanol–water partition coefficient (Wildman–Crippen LogP) is 3.20. The molecule has 80 valence electrons. The minimum atomic E-state index is 0.760. The molecule has 3 aliphatic rings. The fraction of sp³-hybridized carbons (Fsp3) is 0.538. The van der Waals surface area contributed by atoms with Gasteiger partial charge in [-0.15, -0.1) is 0 Å². The molecule has 2 saturated heterocycles. The Labute approximate surface area is 95.8 Å². The Kier molecular flexibility index (Phi) is 2.45. The molecule has 0 radical (unpaired) electrons. The maximum atomic E-state index is 5.92. The zero-order valence-electron chi connectivity index (χ0n) is 8.75. The Morgan fingerprint density at radius 2 is 1.93 bits per heavy atom. The molecule has 0 aromatic heterocycles. The number of fused-ring (bicyclic) bond motifs is 3. The number of nitrogens with one attached hydrogen (secondary N) is 1. The normalized spacial score (nSPS) is 34.3. The van der Waals surface area contributed by atoms with Crippen molar-refractivity contribution in [3.05, 3.63) is 34.9 Å². The quantitative estimate of drug-likeness (QED) is 0.768. The minimum Gasteiger partial charge on any atom is -0.314 e. The van der Waals surface area contributed by atoms with Crippen LogP contribution in [0.5, 0.6) is 0 Å². The standard InChI is InChI=1S/C13H16ClN/c14-11-4-1-9(2-5-11)13-7-12-6-3-10(13)8-15-12/h1-2,4-5,10,12-13,15H,3,6-8H2. The lowest BCUT2D eigenvalue weighted by molar-refractivity contribution is 0.180. The Morgan fingerprint density at radius 3 is 2.47 bits per heavy atom. The van der Waals surface area contributed by atoms with Crippen molar-refractivity contribution < 1.29 is 0 Å². The summed E-state index contributed by atoms with van der Waals surface area (Å²) in [6.45, 7) is 1.21.